The first kappa shape index (κ1) is 15.8. The van der Waals surface area contributed by atoms with Crippen LogP contribution in [0, 0.1) is 13.8 Å². The van der Waals surface area contributed by atoms with Crippen LogP contribution in [0.15, 0.2) is 12.1 Å². The SMILES string of the molecule is Cc1cc(NS(=O)(=O)C2CCCCC2)cc(C(=O)O)c1C. The fourth-order valence-electron chi connectivity index (χ4n) is 2.76. The summed E-state index contributed by atoms with van der Waals surface area (Å²) < 4.78 is 27.3. The highest BCUT2D eigenvalue weighted by Crippen LogP contribution is 2.27. The van der Waals surface area contributed by atoms with Crippen molar-refractivity contribution in [2.24, 2.45) is 0 Å². The Bertz CT molecular complexity index is 646. The lowest BCUT2D eigenvalue weighted by Crippen LogP contribution is -2.29. The van der Waals surface area contributed by atoms with Gasteiger partial charge in [-0.15, -0.1) is 0 Å². The summed E-state index contributed by atoms with van der Waals surface area (Å²) in [6, 6.07) is 3.08. The van der Waals surface area contributed by atoms with Gasteiger partial charge in [-0.05, 0) is 49.9 Å². The number of carboxylic acids is 1. The number of carboxylic acid groups (broad SMARTS) is 1. The number of hydrogen-bond acceptors (Lipinski definition) is 3. The van der Waals surface area contributed by atoms with Crippen LogP contribution >= 0.6 is 0 Å². The number of nitrogens with one attached hydrogen (secondary N) is 1. The third-order valence-electron chi connectivity index (χ3n) is 4.15. The minimum Gasteiger partial charge on any atom is -0.478 e. The van der Waals surface area contributed by atoms with Gasteiger partial charge in [0.1, 0.15) is 0 Å². The lowest BCUT2D eigenvalue weighted by Gasteiger charge is -2.22. The number of rotatable bonds is 4. The third kappa shape index (κ3) is 3.56. The lowest BCUT2D eigenvalue weighted by molar-refractivity contribution is 0.0696. The predicted octanol–water partition coefficient (Wildman–Crippen LogP) is 3.08. The number of benzene rings is 1. The molecular formula is C15H21NO4S. The van der Waals surface area contributed by atoms with Gasteiger partial charge in [-0.2, -0.15) is 0 Å². The molecule has 0 atom stereocenters. The topological polar surface area (TPSA) is 83.5 Å². The van der Waals surface area contributed by atoms with Crippen LogP contribution in [-0.2, 0) is 10.0 Å². The Hall–Kier alpha value is -1.56. The molecule has 1 aliphatic carbocycles. The van der Waals surface area contributed by atoms with Crippen molar-refractivity contribution in [1.29, 1.82) is 0 Å². The quantitative estimate of drug-likeness (QED) is 0.895. The van der Waals surface area contributed by atoms with Crippen molar-refractivity contribution >= 4 is 21.7 Å². The third-order valence-corrected chi connectivity index (χ3v) is 6.02. The Morgan fingerprint density at radius 1 is 1.19 bits per heavy atom. The van der Waals surface area contributed by atoms with Gasteiger partial charge in [0.25, 0.3) is 0 Å². The molecule has 0 unspecified atom stereocenters. The van der Waals surface area contributed by atoms with Crippen LogP contribution in [0.5, 0.6) is 0 Å². The van der Waals surface area contributed by atoms with E-state index >= 15 is 0 Å². The van der Waals surface area contributed by atoms with Crippen molar-refractivity contribution in [3.8, 4) is 0 Å². The lowest BCUT2D eigenvalue weighted by atomic mass is 10.0. The van der Waals surface area contributed by atoms with Crippen molar-refractivity contribution in [2.45, 2.75) is 51.2 Å². The highest BCUT2D eigenvalue weighted by atomic mass is 32.2. The first-order valence-corrected chi connectivity index (χ1v) is 8.72. The molecule has 2 rings (SSSR count). The second-order valence-electron chi connectivity index (χ2n) is 5.68. The molecule has 0 bridgehead atoms. The molecule has 116 valence electrons. The number of aryl methyl sites for hydroxylation is 1. The van der Waals surface area contributed by atoms with Gasteiger partial charge in [-0.1, -0.05) is 19.3 Å². The zero-order valence-electron chi connectivity index (χ0n) is 12.3. The molecule has 0 saturated heterocycles. The van der Waals surface area contributed by atoms with Gasteiger partial charge in [0.15, 0.2) is 0 Å². The Kier molecular flexibility index (Phi) is 4.56. The van der Waals surface area contributed by atoms with Crippen molar-refractivity contribution in [2.75, 3.05) is 4.72 Å². The summed E-state index contributed by atoms with van der Waals surface area (Å²) >= 11 is 0. The summed E-state index contributed by atoms with van der Waals surface area (Å²) in [5.41, 5.74) is 1.89. The molecule has 0 aromatic heterocycles. The molecule has 5 nitrogen and oxygen atoms in total. The Morgan fingerprint density at radius 2 is 1.81 bits per heavy atom. The van der Waals surface area contributed by atoms with Crippen LogP contribution in [0.1, 0.15) is 53.6 Å². The van der Waals surface area contributed by atoms with Gasteiger partial charge >= 0.3 is 5.97 Å². The van der Waals surface area contributed by atoms with Crippen molar-refractivity contribution in [3.05, 3.63) is 28.8 Å². The molecule has 0 amide bonds. The summed E-state index contributed by atoms with van der Waals surface area (Å²) in [6.07, 6.45) is 4.29. The van der Waals surface area contributed by atoms with Crippen LogP contribution < -0.4 is 4.72 Å². The Labute approximate surface area is 125 Å². The van der Waals surface area contributed by atoms with E-state index in [1.54, 1.807) is 19.9 Å². The highest BCUT2D eigenvalue weighted by molar-refractivity contribution is 7.93. The minimum absolute atomic E-state index is 0.136. The molecule has 0 radical (unpaired) electrons. The van der Waals surface area contributed by atoms with Crippen LogP contribution in [0.3, 0.4) is 0 Å². The van der Waals surface area contributed by atoms with E-state index in [-0.39, 0.29) is 10.8 Å². The number of anilines is 1. The van der Waals surface area contributed by atoms with E-state index in [0.717, 1.165) is 24.8 Å². The largest absolute Gasteiger partial charge is 0.478 e. The zero-order chi connectivity index (χ0) is 15.6. The molecule has 1 aliphatic rings. The molecular weight excluding hydrogens is 290 g/mol. The van der Waals surface area contributed by atoms with Gasteiger partial charge in [0.2, 0.25) is 10.0 Å². The summed E-state index contributed by atoms with van der Waals surface area (Å²) in [5, 5.41) is 8.81. The van der Waals surface area contributed by atoms with Gasteiger partial charge in [0.05, 0.1) is 10.8 Å². The summed E-state index contributed by atoms with van der Waals surface area (Å²) in [4.78, 5) is 11.2. The molecule has 1 aromatic carbocycles. The van der Waals surface area contributed by atoms with Gasteiger partial charge in [-0.25, -0.2) is 13.2 Å². The van der Waals surface area contributed by atoms with Crippen molar-refractivity contribution in [1.82, 2.24) is 0 Å². The molecule has 1 saturated carbocycles. The van der Waals surface area contributed by atoms with E-state index in [9.17, 15) is 18.3 Å². The van der Waals surface area contributed by atoms with Crippen molar-refractivity contribution < 1.29 is 18.3 Å². The van der Waals surface area contributed by atoms with E-state index in [1.807, 2.05) is 0 Å². The summed E-state index contributed by atoms with van der Waals surface area (Å²) in [5.74, 6) is -1.05. The fourth-order valence-corrected chi connectivity index (χ4v) is 4.33. The maximum Gasteiger partial charge on any atom is 0.336 e. The second-order valence-corrected chi connectivity index (χ2v) is 7.64. The zero-order valence-corrected chi connectivity index (χ0v) is 13.2. The van der Waals surface area contributed by atoms with E-state index in [2.05, 4.69) is 4.72 Å². The number of hydrogen-bond donors (Lipinski definition) is 2. The summed E-state index contributed by atoms with van der Waals surface area (Å²) in [7, 11) is -3.45. The van der Waals surface area contributed by atoms with Gasteiger partial charge in [0, 0.05) is 5.69 Å². The second kappa shape index (κ2) is 6.05. The number of aromatic carboxylic acids is 1. The maximum absolute atomic E-state index is 12.4. The average molecular weight is 311 g/mol. The van der Waals surface area contributed by atoms with Crippen molar-refractivity contribution in [3.63, 3.8) is 0 Å². The van der Waals surface area contributed by atoms with Gasteiger partial charge < -0.3 is 5.11 Å². The Balaban J connectivity index is 2.28. The monoisotopic (exact) mass is 311 g/mol. The molecule has 1 aromatic rings. The van der Waals surface area contributed by atoms with Crippen LogP contribution in [-0.4, -0.2) is 24.7 Å². The van der Waals surface area contributed by atoms with Crippen LogP contribution in [0.25, 0.3) is 0 Å². The number of carbonyl (C=O) groups is 1. The van der Waals surface area contributed by atoms with E-state index in [4.69, 9.17) is 0 Å². The molecule has 6 heteroatoms. The molecule has 0 spiro atoms. The van der Waals surface area contributed by atoms with E-state index in [0.29, 0.717) is 24.1 Å². The average Bonchev–Trinajstić information content (AvgIpc) is 2.43. The molecule has 2 N–H and O–H groups in total. The predicted molar refractivity (Wildman–Crippen MR) is 82.3 cm³/mol. The van der Waals surface area contributed by atoms with Crippen LogP contribution in [0.2, 0.25) is 0 Å². The summed E-state index contributed by atoms with van der Waals surface area (Å²) in [6.45, 7) is 3.50. The maximum atomic E-state index is 12.4. The fraction of sp³-hybridized carbons (Fsp3) is 0.533. The normalized spacial score (nSPS) is 16.7. The first-order valence-electron chi connectivity index (χ1n) is 7.17. The van der Waals surface area contributed by atoms with Gasteiger partial charge in [-0.3, -0.25) is 4.72 Å². The number of sulfonamides is 1. The molecule has 21 heavy (non-hydrogen) atoms. The minimum atomic E-state index is -3.45. The Morgan fingerprint density at radius 3 is 2.38 bits per heavy atom. The molecule has 1 fully saturated rings. The first-order chi connectivity index (χ1) is 9.81. The van der Waals surface area contributed by atoms with E-state index in [1.165, 1.54) is 6.07 Å². The standard InChI is InChI=1S/C15H21NO4S/c1-10-8-12(9-14(11(10)2)15(17)18)16-21(19,20)13-6-4-3-5-7-13/h8-9,13,16H,3-7H2,1-2H3,(H,17,18). The molecule has 0 heterocycles. The highest BCUT2D eigenvalue weighted by Gasteiger charge is 2.27. The smallest absolute Gasteiger partial charge is 0.336 e. The van der Waals surface area contributed by atoms with Crippen LogP contribution in [0.4, 0.5) is 5.69 Å². The molecule has 0 aliphatic heterocycles. The van der Waals surface area contributed by atoms with E-state index < -0.39 is 16.0 Å².